The molecule has 1 fully saturated rings. The molecule has 0 unspecified atom stereocenters. The molecule has 1 saturated carbocycles. The van der Waals surface area contributed by atoms with Crippen molar-refractivity contribution in [3.8, 4) is 5.75 Å². The first kappa shape index (κ1) is 22.8. The normalized spacial score (nSPS) is 17.3. The molecule has 1 aromatic carbocycles. The van der Waals surface area contributed by atoms with E-state index in [1.54, 1.807) is 19.1 Å². The molecule has 0 saturated heterocycles. The molecule has 0 bridgehead atoms. The maximum Gasteiger partial charge on any atom is 0.244 e. The van der Waals surface area contributed by atoms with Crippen LogP contribution in [0.1, 0.15) is 58.3 Å². The summed E-state index contributed by atoms with van der Waals surface area (Å²) in [5, 5.41) is 3.47. The zero-order valence-corrected chi connectivity index (χ0v) is 18.5. The number of rotatable bonds is 7. The third kappa shape index (κ3) is 6.01. The van der Waals surface area contributed by atoms with Gasteiger partial charge in [0.25, 0.3) is 0 Å². The molecule has 0 radical (unpaired) electrons. The number of benzene rings is 1. The zero-order valence-electron chi connectivity index (χ0n) is 16.9. The van der Waals surface area contributed by atoms with Crippen molar-refractivity contribution in [2.75, 3.05) is 17.7 Å². The Morgan fingerprint density at radius 3 is 2.39 bits per heavy atom. The Balaban J connectivity index is 2.33. The molecule has 0 aromatic heterocycles. The summed E-state index contributed by atoms with van der Waals surface area (Å²) in [4.78, 5) is 13.1. The first-order chi connectivity index (χ1) is 13.3. The van der Waals surface area contributed by atoms with E-state index in [1.165, 1.54) is 32.4 Å². The fourth-order valence-electron chi connectivity index (χ4n) is 3.77. The second-order valence-electron chi connectivity index (χ2n) is 7.35. The molecule has 0 aliphatic heterocycles. The van der Waals surface area contributed by atoms with Gasteiger partial charge in [-0.25, -0.2) is 8.42 Å². The highest BCUT2D eigenvalue weighted by Gasteiger charge is 2.34. The number of carbonyl (C=O) groups excluding carboxylic acids is 1. The Morgan fingerprint density at radius 2 is 1.86 bits per heavy atom. The van der Waals surface area contributed by atoms with Crippen LogP contribution in [-0.2, 0) is 14.8 Å². The van der Waals surface area contributed by atoms with E-state index >= 15 is 0 Å². The topological polar surface area (TPSA) is 75.7 Å². The van der Waals surface area contributed by atoms with Gasteiger partial charge < -0.3 is 10.1 Å². The number of carbonyl (C=O) groups is 1. The predicted molar refractivity (Wildman–Crippen MR) is 114 cm³/mol. The highest BCUT2D eigenvalue weighted by Crippen LogP contribution is 2.35. The van der Waals surface area contributed by atoms with Gasteiger partial charge in [0.05, 0.1) is 19.1 Å². The van der Waals surface area contributed by atoms with Crippen LogP contribution < -0.4 is 14.4 Å². The fourth-order valence-corrected chi connectivity index (χ4v) is 5.14. The van der Waals surface area contributed by atoms with Crippen molar-refractivity contribution < 1.29 is 17.9 Å². The van der Waals surface area contributed by atoms with Crippen molar-refractivity contribution in [1.29, 1.82) is 0 Å². The molecular formula is C20H31ClN2O4S. The number of ether oxygens (including phenoxy) is 1. The third-order valence-electron chi connectivity index (χ3n) is 5.16. The fraction of sp³-hybridized carbons (Fsp3) is 0.650. The number of nitrogens with one attached hydrogen (secondary N) is 1. The summed E-state index contributed by atoms with van der Waals surface area (Å²) < 4.78 is 31.8. The van der Waals surface area contributed by atoms with Crippen LogP contribution in [0.15, 0.2) is 18.2 Å². The van der Waals surface area contributed by atoms with E-state index in [9.17, 15) is 13.2 Å². The van der Waals surface area contributed by atoms with Gasteiger partial charge >= 0.3 is 0 Å². The van der Waals surface area contributed by atoms with Crippen LogP contribution >= 0.6 is 11.6 Å². The van der Waals surface area contributed by atoms with E-state index in [0.29, 0.717) is 17.2 Å². The average Bonchev–Trinajstić information content (AvgIpc) is 2.60. The molecule has 0 spiro atoms. The molecule has 28 heavy (non-hydrogen) atoms. The van der Waals surface area contributed by atoms with E-state index in [2.05, 4.69) is 5.32 Å². The minimum atomic E-state index is -3.74. The number of methoxy groups -OCH3 is 1. The summed E-state index contributed by atoms with van der Waals surface area (Å²) in [7, 11) is -2.28. The van der Waals surface area contributed by atoms with Gasteiger partial charge in [0.15, 0.2) is 0 Å². The second kappa shape index (κ2) is 10.3. The lowest BCUT2D eigenvalue weighted by molar-refractivity contribution is -0.123. The second-order valence-corrected chi connectivity index (χ2v) is 9.65. The van der Waals surface area contributed by atoms with Crippen molar-refractivity contribution >= 4 is 33.2 Å². The Morgan fingerprint density at radius 1 is 1.25 bits per heavy atom. The molecule has 1 atom stereocenters. The van der Waals surface area contributed by atoms with E-state index in [4.69, 9.17) is 16.3 Å². The van der Waals surface area contributed by atoms with Crippen molar-refractivity contribution in [1.82, 2.24) is 5.32 Å². The monoisotopic (exact) mass is 430 g/mol. The van der Waals surface area contributed by atoms with Crippen LogP contribution in [0.2, 0.25) is 5.02 Å². The van der Waals surface area contributed by atoms with E-state index < -0.39 is 16.1 Å². The lowest BCUT2D eigenvalue weighted by atomic mass is 9.96. The van der Waals surface area contributed by atoms with E-state index in [0.717, 1.165) is 36.2 Å². The minimum Gasteiger partial charge on any atom is -0.495 e. The molecule has 1 aromatic rings. The Hall–Kier alpha value is -1.47. The van der Waals surface area contributed by atoms with Crippen LogP contribution in [0.5, 0.6) is 5.75 Å². The van der Waals surface area contributed by atoms with E-state index in [1.807, 2.05) is 0 Å². The predicted octanol–water partition coefficient (Wildman–Crippen LogP) is 4.12. The van der Waals surface area contributed by atoms with Gasteiger partial charge in [0.2, 0.25) is 15.9 Å². The number of hydrogen-bond donors (Lipinski definition) is 1. The molecule has 1 amide bonds. The number of amides is 1. The molecule has 2 rings (SSSR count). The maximum absolute atomic E-state index is 13.1. The number of anilines is 1. The molecular weight excluding hydrogens is 400 g/mol. The van der Waals surface area contributed by atoms with Gasteiger partial charge in [-0.3, -0.25) is 9.10 Å². The van der Waals surface area contributed by atoms with Crippen molar-refractivity contribution in [2.24, 2.45) is 0 Å². The zero-order chi connectivity index (χ0) is 20.7. The van der Waals surface area contributed by atoms with Crippen LogP contribution in [0.25, 0.3) is 0 Å². The van der Waals surface area contributed by atoms with Gasteiger partial charge in [-0.15, -0.1) is 0 Å². The summed E-state index contributed by atoms with van der Waals surface area (Å²) in [5.74, 6) is 0.0764. The summed E-state index contributed by atoms with van der Waals surface area (Å²) in [6, 6.07) is 3.97. The number of nitrogens with zero attached hydrogens (tertiary/aromatic N) is 1. The highest BCUT2D eigenvalue weighted by atomic mass is 35.5. The van der Waals surface area contributed by atoms with Gasteiger partial charge in [-0.2, -0.15) is 0 Å². The summed E-state index contributed by atoms with van der Waals surface area (Å²) >= 11 is 6.11. The first-order valence-electron chi connectivity index (χ1n) is 9.91. The quantitative estimate of drug-likeness (QED) is 0.705. The van der Waals surface area contributed by atoms with Gasteiger partial charge in [0.1, 0.15) is 11.8 Å². The molecule has 1 aliphatic rings. The van der Waals surface area contributed by atoms with Crippen LogP contribution in [0.4, 0.5) is 5.69 Å². The molecule has 1 N–H and O–H groups in total. The first-order valence-corrected chi connectivity index (χ1v) is 12.1. The largest absolute Gasteiger partial charge is 0.495 e. The Labute approximate surface area is 173 Å². The third-order valence-corrected chi connectivity index (χ3v) is 6.56. The number of halogens is 1. The SMILES string of the molecule is CC[C@H](C(=O)NC1CCCCCCC1)N(c1cc(Cl)ccc1OC)S(C)(=O)=O. The molecule has 1 aliphatic carbocycles. The number of hydrogen-bond acceptors (Lipinski definition) is 4. The standard InChI is InChI=1S/C20H31ClN2O4S/c1-4-17(20(24)22-16-10-8-6-5-7-9-11-16)23(28(3,25)26)18-14-15(21)12-13-19(18)27-2/h12-14,16-17H,4-11H2,1-3H3,(H,22,24)/t17-/m1/s1. The molecule has 0 heterocycles. The van der Waals surface area contributed by atoms with Gasteiger partial charge in [0, 0.05) is 11.1 Å². The van der Waals surface area contributed by atoms with Crippen LogP contribution in [0.3, 0.4) is 0 Å². The molecule has 158 valence electrons. The average molecular weight is 431 g/mol. The van der Waals surface area contributed by atoms with Crippen molar-refractivity contribution in [3.05, 3.63) is 23.2 Å². The van der Waals surface area contributed by atoms with Gasteiger partial charge in [-0.05, 0) is 37.5 Å². The van der Waals surface area contributed by atoms with E-state index in [-0.39, 0.29) is 17.6 Å². The van der Waals surface area contributed by atoms with Crippen molar-refractivity contribution in [2.45, 2.75) is 70.4 Å². The molecule has 8 heteroatoms. The van der Waals surface area contributed by atoms with Crippen LogP contribution in [0, 0.1) is 0 Å². The summed E-state index contributed by atoms with van der Waals surface area (Å²) in [6.07, 6.45) is 9.06. The Bertz CT molecular complexity index is 761. The maximum atomic E-state index is 13.1. The lowest BCUT2D eigenvalue weighted by Crippen LogP contribution is -2.51. The van der Waals surface area contributed by atoms with Crippen LogP contribution in [-0.4, -0.2) is 39.8 Å². The molecule has 6 nitrogen and oxygen atoms in total. The van der Waals surface area contributed by atoms with Gasteiger partial charge in [-0.1, -0.05) is 50.6 Å². The minimum absolute atomic E-state index is 0.0875. The number of sulfonamides is 1. The Kier molecular flexibility index (Phi) is 8.43. The lowest BCUT2D eigenvalue weighted by Gasteiger charge is -2.32. The summed E-state index contributed by atoms with van der Waals surface area (Å²) in [5.41, 5.74) is 0.275. The smallest absolute Gasteiger partial charge is 0.244 e. The summed E-state index contributed by atoms with van der Waals surface area (Å²) in [6.45, 7) is 1.80. The highest BCUT2D eigenvalue weighted by molar-refractivity contribution is 7.92. The van der Waals surface area contributed by atoms with Crippen molar-refractivity contribution in [3.63, 3.8) is 0 Å².